The highest BCUT2D eigenvalue weighted by atomic mass is 19.4. The Morgan fingerprint density at radius 1 is 0.894 bits per heavy atom. The summed E-state index contributed by atoms with van der Waals surface area (Å²) in [5.41, 5.74) is 5.75. The van der Waals surface area contributed by atoms with E-state index in [1.165, 1.54) is 17.9 Å². The van der Waals surface area contributed by atoms with Crippen molar-refractivity contribution in [1.82, 2.24) is 29.2 Å². The summed E-state index contributed by atoms with van der Waals surface area (Å²) < 4.78 is 45.6. The van der Waals surface area contributed by atoms with Crippen molar-refractivity contribution in [1.29, 1.82) is 0 Å². The summed E-state index contributed by atoms with van der Waals surface area (Å²) in [7, 11) is 3.61. The number of aryl methyl sites for hydroxylation is 3. The zero-order valence-corrected chi connectivity index (χ0v) is 27.0. The predicted octanol–water partition coefficient (Wildman–Crippen LogP) is 5.72. The first-order chi connectivity index (χ1) is 22.5. The number of likely N-dealkylation sites (N-methyl/N-ethyl adjacent to an activating group) is 1. The van der Waals surface area contributed by atoms with Gasteiger partial charge >= 0.3 is 6.18 Å². The van der Waals surface area contributed by atoms with Crippen LogP contribution in [0.4, 0.5) is 24.5 Å². The van der Waals surface area contributed by atoms with E-state index in [1.54, 1.807) is 29.7 Å². The van der Waals surface area contributed by atoms with Crippen LogP contribution in [0.2, 0.25) is 0 Å². The lowest BCUT2D eigenvalue weighted by molar-refractivity contribution is -0.140. The molecule has 2 aliphatic rings. The fraction of sp³-hybridized carbons (Fsp3) is 0.371. The standard InChI is InChI=1S/C35H37F3N8O/c1-5-23-15-28-30(14-22(2)40-32(28)31(18-23)45-12-10-42(3)11-13-45)46-8-6-25-26(29-20-43(4)41-33(29)35(36,37)38)16-24(17-27(25)34(46)47)19-44-9-7-39-21-44/h7,9,14-18,20-21H,5-6,8,10-13,19H2,1-4H3. The van der Waals surface area contributed by atoms with Gasteiger partial charge in [-0.25, -0.2) is 4.98 Å². The molecule has 1 amide bonds. The number of carbonyl (C=O) groups is 1. The van der Waals surface area contributed by atoms with Gasteiger partial charge in [0.1, 0.15) is 0 Å². The Morgan fingerprint density at radius 3 is 2.36 bits per heavy atom. The molecule has 0 spiro atoms. The van der Waals surface area contributed by atoms with Crippen molar-refractivity contribution in [2.24, 2.45) is 7.05 Å². The van der Waals surface area contributed by atoms with Crippen LogP contribution in [-0.4, -0.2) is 74.9 Å². The highest BCUT2D eigenvalue weighted by Gasteiger charge is 2.39. The van der Waals surface area contributed by atoms with E-state index in [4.69, 9.17) is 4.98 Å². The number of pyridine rings is 1. The number of hydrogen-bond donors (Lipinski definition) is 0. The van der Waals surface area contributed by atoms with E-state index in [2.05, 4.69) is 46.0 Å². The van der Waals surface area contributed by atoms with Gasteiger partial charge in [0.2, 0.25) is 0 Å². The summed E-state index contributed by atoms with van der Waals surface area (Å²) in [6.07, 6.45) is 3.03. The van der Waals surface area contributed by atoms with Gasteiger partial charge in [-0.2, -0.15) is 18.3 Å². The first-order valence-corrected chi connectivity index (χ1v) is 15.9. The van der Waals surface area contributed by atoms with Crippen molar-refractivity contribution in [3.05, 3.63) is 88.9 Å². The molecular weight excluding hydrogens is 605 g/mol. The van der Waals surface area contributed by atoms with E-state index in [-0.39, 0.29) is 11.5 Å². The van der Waals surface area contributed by atoms with Crippen LogP contribution in [-0.2, 0) is 32.6 Å². The van der Waals surface area contributed by atoms with E-state index >= 15 is 0 Å². The summed E-state index contributed by atoms with van der Waals surface area (Å²) in [5, 5.41) is 4.68. The van der Waals surface area contributed by atoms with Crippen LogP contribution in [0.15, 0.2) is 55.2 Å². The fourth-order valence-electron chi connectivity index (χ4n) is 6.90. The van der Waals surface area contributed by atoms with Crippen molar-refractivity contribution in [3.8, 4) is 11.1 Å². The first kappa shape index (κ1) is 30.9. The summed E-state index contributed by atoms with van der Waals surface area (Å²) in [6.45, 7) is 8.40. The summed E-state index contributed by atoms with van der Waals surface area (Å²) in [6, 6.07) is 9.89. The average molecular weight is 643 g/mol. The van der Waals surface area contributed by atoms with Gasteiger partial charge in [-0.05, 0) is 79.4 Å². The number of benzene rings is 2. The first-order valence-electron chi connectivity index (χ1n) is 15.9. The molecular formula is C35H37F3N8O. The van der Waals surface area contributed by atoms with Crippen LogP contribution in [0.3, 0.4) is 0 Å². The maximum atomic E-state index is 14.6. The van der Waals surface area contributed by atoms with Gasteiger partial charge in [0.15, 0.2) is 5.69 Å². The molecule has 5 aromatic rings. The molecule has 47 heavy (non-hydrogen) atoms. The molecule has 0 saturated carbocycles. The van der Waals surface area contributed by atoms with Crippen molar-refractivity contribution in [2.75, 3.05) is 49.6 Å². The van der Waals surface area contributed by atoms with E-state index < -0.39 is 11.9 Å². The number of nitrogens with zero attached hydrogens (tertiary/aromatic N) is 8. The van der Waals surface area contributed by atoms with Gasteiger partial charge in [-0.3, -0.25) is 14.5 Å². The van der Waals surface area contributed by atoms with Crippen molar-refractivity contribution in [2.45, 2.75) is 39.4 Å². The van der Waals surface area contributed by atoms with Crippen molar-refractivity contribution >= 4 is 28.2 Å². The van der Waals surface area contributed by atoms with Crippen LogP contribution in [0.25, 0.3) is 22.0 Å². The predicted molar refractivity (Wildman–Crippen MR) is 176 cm³/mol. The SMILES string of the molecule is CCc1cc(N2CCN(C)CC2)c2nc(C)cc(N3CCc4c(cc(Cn5ccnc5)cc4-c4cn(C)nc4C(F)(F)F)C3=O)c2c1. The quantitative estimate of drug-likeness (QED) is 0.236. The van der Waals surface area contributed by atoms with Crippen molar-refractivity contribution in [3.63, 3.8) is 0 Å². The molecule has 12 heteroatoms. The minimum Gasteiger partial charge on any atom is -0.367 e. The smallest absolute Gasteiger partial charge is 0.367 e. The van der Waals surface area contributed by atoms with Gasteiger partial charge in [0, 0.05) is 87.1 Å². The van der Waals surface area contributed by atoms with Crippen LogP contribution < -0.4 is 9.80 Å². The minimum absolute atomic E-state index is 0.0282. The third-order valence-corrected chi connectivity index (χ3v) is 9.28. The molecule has 0 bridgehead atoms. The molecule has 9 nitrogen and oxygen atoms in total. The van der Waals surface area contributed by atoms with E-state index in [1.807, 2.05) is 23.6 Å². The Morgan fingerprint density at radius 2 is 1.66 bits per heavy atom. The fourth-order valence-corrected chi connectivity index (χ4v) is 6.90. The van der Waals surface area contributed by atoms with E-state index in [9.17, 15) is 18.0 Å². The highest BCUT2D eigenvalue weighted by Crippen LogP contribution is 2.42. The molecule has 0 atom stereocenters. The monoisotopic (exact) mass is 642 g/mol. The molecule has 2 aromatic carbocycles. The number of piperazine rings is 1. The normalized spacial score (nSPS) is 15.9. The Kier molecular flexibility index (Phi) is 7.78. The molecule has 1 saturated heterocycles. The largest absolute Gasteiger partial charge is 0.435 e. The number of aromatic nitrogens is 5. The minimum atomic E-state index is -4.65. The number of imidazole rings is 1. The lowest BCUT2D eigenvalue weighted by Gasteiger charge is -2.35. The van der Waals surface area contributed by atoms with Gasteiger partial charge in [0.05, 0.1) is 23.2 Å². The van der Waals surface area contributed by atoms with Crippen LogP contribution in [0.5, 0.6) is 0 Å². The third kappa shape index (κ3) is 5.75. The topological polar surface area (TPSA) is 75.3 Å². The van der Waals surface area contributed by atoms with Gasteiger partial charge in [-0.15, -0.1) is 0 Å². The Bertz CT molecular complexity index is 1970. The second-order valence-electron chi connectivity index (χ2n) is 12.6. The van der Waals surface area contributed by atoms with E-state index in [0.717, 1.165) is 66.1 Å². The molecule has 3 aromatic heterocycles. The second kappa shape index (κ2) is 11.8. The van der Waals surface area contributed by atoms with Gasteiger partial charge in [-0.1, -0.05) is 6.92 Å². The lowest BCUT2D eigenvalue weighted by Crippen LogP contribution is -2.44. The maximum Gasteiger partial charge on any atom is 0.435 e. The molecule has 0 aliphatic carbocycles. The summed E-state index contributed by atoms with van der Waals surface area (Å²) in [5.74, 6) is -0.243. The molecule has 2 aliphatic heterocycles. The van der Waals surface area contributed by atoms with Crippen molar-refractivity contribution < 1.29 is 18.0 Å². The average Bonchev–Trinajstić information content (AvgIpc) is 3.70. The molecule has 0 unspecified atom stereocenters. The number of alkyl halides is 3. The highest BCUT2D eigenvalue weighted by molar-refractivity contribution is 6.14. The van der Waals surface area contributed by atoms with Crippen LogP contribution >= 0.6 is 0 Å². The number of carbonyl (C=O) groups excluding carboxylic acids is 1. The zero-order chi connectivity index (χ0) is 33.0. The third-order valence-electron chi connectivity index (χ3n) is 9.28. The molecule has 1 fully saturated rings. The number of hydrogen-bond acceptors (Lipinski definition) is 6. The Labute approximate surface area is 271 Å². The number of amides is 1. The molecule has 0 radical (unpaired) electrons. The summed E-state index contributed by atoms with van der Waals surface area (Å²) >= 11 is 0. The van der Waals surface area contributed by atoms with Crippen LogP contribution in [0, 0.1) is 6.92 Å². The molecule has 244 valence electrons. The molecule has 7 rings (SSSR count). The zero-order valence-electron chi connectivity index (χ0n) is 27.0. The van der Waals surface area contributed by atoms with E-state index in [0.29, 0.717) is 41.8 Å². The Hall–Kier alpha value is -4.71. The molecule has 0 N–H and O–H groups in total. The number of fused-ring (bicyclic) bond motifs is 2. The maximum absolute atomic E-state index is 14.6. The number of anilines is 2. The number of halogens is 3. The second-order valence-corrected chi connectivity index (χ2v) is 12.6. The van der Waals surface area contributed by atoms with Gasteiger partial charge in [0.25, 0.3) is 5.91 Å². The lowest BCUT2D eigenvalue weighted by atomic mass is 9.87. The van der Waals surface area contributed by atoms with Crippen LogP contribution in [0.1, 0.15) is 45.4 Å². The summed E-state index contributed by atoms with van der Waals surface area (Å²) in [4.78, 5) is 30.2. The molecule has 5 heterocycles. The number of rotatable bonds is 6. The van der Waals surface area contributed by atoms with Gasteiger partial charge < -0.3 is 19.3 Å². The Balaban J connectivity index is 1.38.